The van der Waals surface area contributed by atoms with Crippen LogP contribution in [0.5, 0.6) is 0 Å². The third kappa shape index (κ3) is 2.32. The van der Waals surface area contributed by atoms with Gasteiger partial charge < -0.3 is 10.3 Å². The molecule has 7 nitrogen and oxygen atoms in total. The van der Waals surface area contributed by atoms with Crippen LogP contribution in [0.4, 0.5) is 21.6 Å². The molecule has 18 heavy (non-hydrogen) atoms. The van der Waals surface area contributed by atoms with Crippen molar-refractivity contribution in [2.75, 3.05) is 5.32 Å². The zero-order chi connectivity index (χ0) is 13.1. The molecule has 0 saturated carbocycles. The first kappa shape index (κ1) is 11.7. The summed E-state index contributed by atoms with van der Waals surface area (Å²) in [5.41, 5.74) is -1.17. The second-order valence-electron chi connectivity index (χ2n) is 3.32. The van der Waals surface area contributed by atoms with Gasteiger partial charge >= 0.3 is 11.2 Å². The summed E-state index contributed by atoms with van der Waals surface area (Å²) in [6.07, 6.45) is 1.04. The second-order valence-corrected chi connectivity index (χ2v) is 3.32. The van der Waals surface area contributed by atoms with Crippen LogP contribution in [-0.4, -0.2) is 14.9 Å². The van der Waals surface area contributed by atoms with Gasteiger partial charge in [0.25, 0.3) is 0 Å². The van der Waals surface area contributed by atoms with Gasteiger partial charge in [-0.2, -0.15) is 0 Å². The number of benzene rings is 1. The normalized spacial score (nSPS) is 10.1. The molecule has 0 spiro atoms. The minimum Gasteiger partial charge on any atom is -0.334 e. The van der Waals surface area contributed by atoms with Gasteiger partial charge in [0.1, 0.15) is 5.82 Å². The summed E-state index contributed by atoms with van der Waals surface area (Å²) in [7, 11) is 0. The zero-order valence-corrected chi connectivity index (χ0v) is 8.88. The number of rotatable bonds is 3. The maximum atomic E-state index is 12.7. The average Bonchev–Trinajstić information content (AvgIpc) is 2.32. The predicted octanol–water partition coefficient (Wildman–Crippen LogP) is 1.56. The molecule has 1 heterocycles. The smallest absolute Gasteiger partial charge is 0.334 e. The van der Waals surface area contributed by atoms with E-state index in [9.17, 15) is 19.3 Å². The largest absolute Gasteiger partial charge is 0.376 e. The fourth-order valence-corrected chi connectivity index (χ4v) is 1.32. The maximum absolute atomic E-state index is 12.7. The van der Waals surface area contributed by atoms with Crippen LogP contribution in [-0.2, 0) is 0 Å². The lowest BCUT2D eigenvalue weighted by atomic mass is 10.3. The van der Waals surface area contributed by atoms with Crippen LogP contribution in [0.25, 0.3) is 0 Å². The highest BCUT2D eigenvalue weighted by molar-refractivity contribution is 5.64. The van der Waals surface area contributed by atoms with E-state index >= 15 is 0 Å². The Balaban J connectivity index is 2.40. The molecule has 92 valence electrons. The van der Waals surface area contributed by atoms with Crippen molar-refractivity contribution in [2.45, 2.75) is 0 Å². The molecule has 0 aliphatic rings. The SMILES string of the molecule is O=c1[nH]cnc(Nc2ccc(F)cc2)c1[N+](=O)[O-]. The Morgan fingerprint density at radius 1 is 1.33 bits per heavy atom. The quantitative estimate of drug-likeness (QED) is 0.635. The molecule has 0 bridgehead atoms. The second kappa shape index (κ2) is 4.62. The van der Waals surface area contributed by atoms with Gasteiger partial charge in [0.2, 0.25) is 5.82 Å². The van der Waals surface area contributed by atoms with Crippen LogP contribution in [0.2, 0.25) is 0 Å². The van der Waals surface area contributed by atoms with E-state index in [4.69, 9.17) is 0 Å². The molecule has 0 saturated heterocycles. The number of nitro groups is 1. The van der Waals surface area contributed by atoms with Crippen molar-refractivity contribution < 1.29 is 9.31 Å². The Bertz CT molecular complexity index is 638. The lowest BCUT2D eigenvalue weighted by molar-refractivity contribution is -0.385. The number of halogens is 1. The third-order valence-electron chi connectivity index (χ3n) is 2.12. The molecule has 2 N–H and O–H groups in total. The number of aromatic nitrogens is 2. The summed E-state index contributed by atoms with van der Waals surface area (Å²) in [4.78, 5) is 27.0. The van der Waals surface area contributed by atoms with Crippen molar-refractivity contribution in [1.82, 2.24) is 9.97 Å². The number of H-pyrrole nitrogens is 1. The Morgan fingerprint density at radius 3 is 2.61 bits per heavy atom. The van der Waals surface area contributed by atoms with Gasteiger partial charge in [-0.1, -0.05) is 0 Å². The number of anilines is 2. The molecule has 2 aromatic rings. The third-order valence-corrected chi connectivity index (χ3v) is 2.12. The number of hydrogen-bond donors (Lipinski definition) is 2. The monoisotopic (exact) mass is 250 g/mol. The Morgan fingerprint density at radius 2 is 2.00 bits per heavy atom. The van der Waals surface area contributed by atoms with Crippen LogP contribution in [0.1, 0.15) is 0 Å². The zero-order valence-electron chi connectivity index (χ0n) is 8.88. The number of aromatic amines is 1. The van der Waals surface area contributed by atoms with E-state index in [0.717, 1.165) is 6.33 Å². The minimum absolute atomic E-state index is 0.199. The average molecular weight is 250 g/mol. The lowest BCUT2D eigenvalue weighted by Gasteiger charge is -2.04. The summed E-state index contributed by atoms with van der Waals surface area (Å²) in [6, 6.07) is 5.12. The van der Waals surface area contributed by atoms with E-state index < -0.39 is 22.0 Å². The van der Waals surface area contributed by atoms with Crippen molar-refractivity contribution in [2.24, 2.45) is 0 Å². The Labute approximate surface area is 99.5 Å². The molecular weight excluding hydrogens is 243 g/mol. The fraction of sp³-hybridized carbons (Fsp3) is 0. The molecule has 0 amide bonds. The van der Waals surface area contributed by atoms with Gasteiger partial charge in [0, 0.05) is 5.69 Å². The van der Waals surface area contributed by atoms with Crippen LogP contribution in [0.15, 0.2) is 35.4 Å². The Hall–Kier alpha value is -2.77. The van der Waals surface area contributed by atoms with Gasteiger partial charge in [-0.25, -0.2) is 9.37 Å². The van der Waals surface area contributed by atoms with Crippen molar-refractivity contribution in [1.29, 1.82) is 0 Å². The summed E-state index contributed by atoms with van der Waals surface area (Å²) in [5.74, 6) is -0.635. The molecule has 8 heteroatoms. The molecular formula is C10H7FN4O3. The molecule has 0 atom stereocenters. The molecule has 1 aromatic heterocycles. The highest BCUT2D eigenvalue weighted by Crippen LogP contribution is 2.20. The topological polar surface area (TPSA) is 101 Å². The molecule has 0 aliphatic carbocycles. The summed E-state index contributed by atoms with van der Waals surface area (Å²) >= 11 is 0. The van der Waals surface area contributed by atoms with Crippen LogP contribution in [0.3, 0.4) is 0 Å². The highest BCUT2D eigenvalue weighted by atomic mass is 19.1. The molecule has 1 aromatic carbocycles. The number of nitrogens with one attached hydrogen (secondary N) is 2. The summed E-state index contributed by atoms with van der Waals surface area (Å²) in [5, 5.41) is 13.3. The van der Waals surface area contributed by atoms with E-state index in [1.165, 1.54) is 24.3 Å². The van der Waals surface area contributed by atoms with Crippen molar-refractivity contribution >= 4 is 17.2 Å². The first-order valence-corrected chi connectivity index (χ1v) is 4.82. The standard InChI is InChI=1S/C10H7FN4O3/c11-6-1-3-7(4-2-6)14-9-8(15(17)18)10(16)13-5-12-9/h1-5H,(H2,12,13,14,16). The lowest BCUT2D eigenvalue weighted by Crippen LogP contribution is -2.14. The number of hydrogen-bond acceptors (Lipinski definition) is 5. The van der Waals surface area contributed by atoms with Gasteiger partial charge in [0.05, 0.1) is 11.3 Å². The van der Waals surface area contributed by atoms with E-state index in [0.29, 0.717) is 5.69 Å². The van der Waals surface area contributed by atoms with Crippen molar-refractivity contribution in [3.8, 4) is 0 Å². The van der Waals surface area contributed by atoms with Gasteiger partial charge in [0.15, 0.2) is 0 Å². The van der Waals surface area contributed by atoms with E-state index in [1.807, 2.05) is 0 Å². The van der Waals surface area contributed by atoms with Crippen LogP contribution >= 0.6 is 0 Å². The van der Waals surface area contributed by atoms with E-state index in [1.54, 1.807) is 0 Å². The van der Waals surface area contributed by atoms with Gasteiger partial charge in [-0.3, -0.25) is 14.9 Å². The molecule has 2 rings (SSSR count). The summed E-state index contributed by atoms with van der Waals surface area (Å²) in [6.45, 7) is 0. The van der Waals surface area contributed by atoms with Crippen molar-refractivity contribution in [3.63, 3.8) is 0 Å². The van der Waals surface area contributed by atoms with Crippen molar-refractivity contribution in [3.05, 3.63) is 56.9 Å². The highest BCUT2D eigenvalue weighted by Gasteiger charge is 2.20. The Kier molecular flexibility index (Phi) is 3.00. The first-order chi connectivity index (χ1) is 8.58. The van der Waals surface area contributed by atoms with Gasteiger partial charge in [-0.15, -0.1) is 0 Å². The first-order valence-electron chi connectivity index (χ1n) is 4.82. The molecule has 0 aliphatic heterocycles. The minimum atomic E-state index is -0.861. The van der Waals surface area contributed by atoms with E-state index in [-0.39, 0.29) is 5.82 Å². The van der Waals surface area contributed by atoms with Crippen LogP contribution < -0.4 is 10.9 Å². The predicted molar refractivity (Wildman–Crippen MR) is 61.2 cm³/mol. The summed E-state index contributed by atoms with van der Waals surface area (Å²) < 4.78 is 12.7. The van der Waals surface area contributed by atoms with Gasteiger partial charge in [-0.05, 0) is 24.3 Å². The fourth-order valence-electron chi connectivity index (χ4n) is 1.32. The maximum Gasteiger partial charge on any atom is 0.376 e. The molecule has 0 unspecified atom stereocenters. The molecule has 0 radical (unpaired) electrons. The number of nitrogens with zero attached hydrogens (tertiary/aromatic N) is 2. The molecule has 0 fully saturated rings. The van der Waals surface area contributed by atoms with E-state index in [2.05, 4.69) is 15.3 Å². The van der Waals surface area contributed by atoms with Crippen LogP contribution in [0, 0.1) is 15.9 Å².